The number of nitrogens with zero attached hydrogens (tertiary/aromatic N) is 2. The predicted molar refractivity (Wildman–Crippen MR) is 111 cm³/mol. The first-order valence-electron chi connectivity index (χ1n) is 9.52. The summed E-state index contributed by atoms with van der Waals surface area (Å²) >= 11 is 0. The molecule has 11 heteroatoms. The van der Waals surface area contributed by atoms with Gasteiger partial charge in [0, 0.05) is 26.2 Å². The van der Waals surface area contributed by atoms with Gasteiger partial charge in [-0.1, -0.05) is 0 Å². The maximum atomic E-state index is 13.2. The Hall–Kier alpha value is -2.34. The Kier molecular flexibility index (Phi) is 6.79. The molecule has 2 aromatic carbocycles. The second-order valence-corrected chi connectivity index (χ2v) is 10.9. The van der Waals surface area contributed by atoms with E-state index in [1.807, 2.05) is 0 Å². The molecule has 0 unspecified atom stereocenters. The van der Waals surface area contributed by atoms with E-state index < -0.39 is 31.8 Å². The Morgan fingerprint density at radius 1 is 0.903 bits per heavy atom. The van der Waals surface area contributed by atoms with Gasteiger partial charge in [0.15, 0.2) is 0 Å². The molecule has 0 aromatic heterocycles. The molecule has 1 heterocycles. The van der Waals surface area contributed by atoms with Crippen LogP contribution in [0.5, 0.6) is 0 Å². The molecule has 168 valence electrons. The first-order chi connectivity index (χ1) is 14.6. The summed E-state index contributed by atoms with van der Waals surface area (Å²) in [4.78, 5) is 11.7. The van der Waals surface area contributed by atoms with Gasteiger partial charge < -0.3 is 4.74 Å². The normalized spacial score (nSPS) is 16.6. The van der Waals surface area contributed by atoms with E-state index >= 15 is 0 Å². The highest BCUT2D eigenvalue weighted by molar-refractivity contribution is 7.89. The van der Waals surface area contributed by atoms with Gasteiger partial charge in [0.05, 0.1) is 22.5 Å². The largest absolute Gasteiger partial charge is 0.465 e. The van der Waals surface area contributed by atoms with Crippen LogP contribution in [0.1, 0.15) is 22.3 Å². The van der Waals surface area contributed by atoms with E-state index in [2.05, 4.69) is 4.74 Å². The van der Waals surface area contributed by atoms with Gasteiger partial charge >= 0.3 is 5.97 Å². The smallest absolute Gasteiger partial charge is 0.337 e. The average molecular weight is 471 g/mol. The number of ether oxygens (including phenoxy) is 1. The Morgan fingerprint density at radius 3 is 2.03 bits per heavy atom. The number of hydrogen-bond donors (Lipinski definition) is 0. The molecule has 1 aliphatic rings. The quantitative estimate of drug-likeness (QED) is 0.620. The summed E-state index contributed by atoms with van der Waals surface area (Å²) in [6, 6.07) is 8.71. The molecule has 0 amide bonds. The van der Waals surface area contributed by atoms with E-state index in [0.29, 0.717) is 12.0 Å². The number of aryl methyl sites for hydroxylation is 1. The fourth-order valence-corrected chi connectivity index (χ4v) is 6.57. The van der Waals surface area contributed by atoms with Crippen LogP contribution in [0.4, 0.5) is 4.39 Å². The monoisotopic (exact) mass is 470 g/mol. The van der Waals surface area contributed by atoms with Crippen LogP contribution in [-0.4, -0.2) is 64.7 Å². The molecule has 0 radical (unpaired) electrons. The van der Waals surface area contributed by atoms with Gasteiger partial charge in [-0.25, -0.2) is 26.0 Å². The molecule has 0 N–H and O–H groups in total. The molecule has 3 rings (SSSR count). The van der Waals surface area contributed by atoms with Gasteiger partial charge in [0.25, 0.3) is 0 Å². The number of methoxy groups -OCH3 is 1. The van der Waals surface area contributed by atoms with E-state index in [1.165, 1.54) is 46.1 Å². The summed E-state index contributed by atoms with van der Waals surface area (Å²) in [5, 5.41) is 0. The van der Waals surface area contributed by atoms with Gasteiger partial charge in [0.2, 0.25) is 20.0 Å². The van der Waals surface area contributed by atoms with Crippen molar-refractivity contribution in [3.63, 3.8) is 0 Å². The number of sulfonamides is 2. The van der Waals surface area contributed by atoms with Gasteiger partial charge in [-0.05, 0) is 61.4 Å². The molecule has 1 aliphatic heterocycles. The molecule has 31 heavy (non-hydrogen) atoms. The summed E-state index contributed by atoms with van der Waals surface area (Å²) in [5.41, 5.74) is 0.634. The Morgan fingerprint density at radius 2 is 1.48 bits per heavy atom. The fraction of sp³-hybridized carbons (Fsp3) is 0.350. The van der Waals surface area contributed by atoms with E-state index in [1.54, 1.807) is 6.92 Å². The number of rotatable bonds is 5. The summed E-state index contributed by atoms with van der Waals surface area (Å²) < 4.78 is 72.3. The topological polar surface area (TPSA) is 101 Å². The maximum Gasteiger partial charge on any atom is 0.337 e. The van der Waals surface area contributed by atoms with Crippen LogP contribution in [0.25, 0.3) is 0 Å². The fourth-order valence-electron chi connectivity index (χ4n) is 3.43. The third-order valence-corrected chi connectivity index (χ3v) is 9.05. The number of carbonyl (C=O) groups excluding carboxylic acids is 1. The Labute approximate surface area is 181 Å². The van der Waals surface area contributed by atoms with Crippen molar-refractivity contribution in [3.05, 3.63) is 59.4 Å². The zero-order chi connectivity index (χ0) is 22.8. The molecule has 0 aliphatic carbocycles. The third-order valence-electron chi connectivity index (χ3n) is 5.08. The number of benzene rings is 2. The van der Waals surface area contributed by atoms with E-state index in [0.717, 1.165) is 12.1 Å². The van der Waals surface area contributed by atoms with Gasteiger partial charge in [-0.2, -0.15) is 8.61 Å². The van der Waals surface area contributed by atoms with Crippen molar-refractivity contribution in [1.29, 1.82) is 0 Å². The second kappa shape index (κ2) is 9.03. The molecule has 8 nitrogen and oxygen atoms in total. The van der Waals surface area contributed by atoms with Crippen LogP contribution >= 0.6 is 0 Å². The highest BCUT2D eigenvalue weighted by Crippen LogP contribution is 2.24. The van der Waals surface area contributed by atoms with Crippen molar-refractivity contribution in [2.45, 2.75) is 23.1 Å². The van der Waals surface area contributed by atoms with Crippen LogP contribution in [0, 0.1) is 12.7 Å². The number of hydrogen-bond acceptors (Lipinski definition) is 6. The van der Waals surface area contributed by atoms with Crippen molar-refractivity contribution in [2.24, 2.45) is 0 Å². The minimum Gasteiger partial charge on any atom is -0.465 e. The van der Waals surface area contributed by atoms with E-state index in [9.17, 15) is 26.0 Å². The lowest BCUT2D eigenvalue weighted by molar-refractivity contribution is 0.0600. The first-order valence-corrected chi connectivity index (χ1v) is 12.4. The van der Waals surface area contributed by atoms with Crippen molar-refractivity contribution >= 4 is 26.0 Å². The minimum absolute atomic E-state index is 0.0268. The van der Waals surface area contributed by atoms with Crippen LogP contribution in [0.3, 0.4) is 0 Å². The SMILES string of the molecule is COC(=O)c1ccc(S(=O)(=O)N2CCCN(S(=O)(=O)c3ccc(F)cc3)CC2)c(C)c1. The molecule has 0 bridgehead atoms. The summed E-state index contributed by atoms with van der Waals surface area (Å²) in [7, 11) is -6.52. The summed E-state index contributed by atoms with van der Waals surface area (Å²) in [6.07, 6.45) is 0.305. The standard InChI is InChI=1S/C20H23FN2O6S2/c1-15-14-16(20(24)29-2)4-9-19(15)31(27,28)23-11-3-10-22(12-13-23)30(25,26)18-7-5-17(21)6-8-18/h4-9,14H,3,10-13H2,1-2H3. The first kappa shape index (κ1) is 23.3. The van der Waals surface area contributed by atoms with Crippen molar-refractivity contribution in [1.82, 2.24) is 8.61 Å². The Balaban J connectivity index is 1.81. The van der Waals surface area contributed by atoms with Crippen LogP contribution in [0.15, 0.2) is 52.3 Å². The lowest BCUT2D eigenvalue weighted by Gasteiger charge is -2.22. The third kappa shape index (κ3) is 4.79. The zero-order valence-corrected chi connectivity index (χ0v) is 18.7. The molecule has 1 fully saturated rings. The number of halogens is 1. The highest BCUT2D eigenvalue weighted by atomic mass is 32.2. The highest BCUT2D eigenvalue weighted by Gasteiger charge is 2.32. The van der Waals surface area contributed by atoms with E-state index in [-0.39, 0.29) is 41.5 Å². The van der Waals surface area contributed by atoms with Crippen molar-refractivity contribution in [3.8, 4) is 0 Å². The zero-order valence-electron chi connectivity index (χ0n) is 17.1. The number of esters is 1. The molecule has 1 saturated heterocycles. The summed E-state index contributed by atoms with van der Waals surface area (Å²) in [5.74, 6) is -1.11. The molecule has 0 saturated carbocycles. The summed E-state index contributed by atoms with van der Waals surface area (Å²) in [6.45, 7) is 1.82. The minimum atomic E-state index is -3.89. The second-order valence-electron chi connectivity index (χ2n) is 7.09. The van der Waals surface area contributed by atoms with Crippen molar-refractivity contribution in [2.75, 3.05) is 33.3 Å². The van der Waals surface area contributed by atoms with Crippen molar-refractivity contribution < 1.29 is 30.8 Å². The van der Waals surface area contributed by atoms with Crippen LogP contribution in [0.2, 0.25) is 0 Å². The maximum absolute atomic E-state index is 13.2. The molecular formula is C20H23FN2O6S2. The van der Waals surface area contributed by atoms with Crippen LogP contribution < -0.4 is 0 Å². The lowest BCUT2D eigenvalue weighted by atomic mass is 10.1. The average Bonchev–Trinajstić information content (AvgIpc) is 3.00. The molecule has 0 spiro atoms. The number of carbonyl (C=O) groups is 1. The van der Waals surface area contributed by atoms with E-state index in [4.69, 9.17) is 0 Å². The lowest BCUT2D eigenvalue weighted by Crippen LogP contribution is -2.37. The molecule has 2 aromatic rings. The molecular weight excluding hydrogens is 447 g/mol. The van der Waals surface area contributed by atoms with Crippen LogP contribution in [-0.2, 0) is 24.8 Å². The molecule has 0 atom stereocenters. The Bertz CT molecular complexity index is 1180. The van der Waals surface area contributed by atoms with Gasteiger partial charge in [-0.3, -0.25) is 0 Å². The van der Waals surface area contributed by atoms with Gasteiger partial charge in [0.1, 0.15) is 5.82 Å². The predicted octanol–water partition coefficient (Wildman–Crippen LogP) is 2.01. The van der Waals surface area contributed by atoms with Gasteiger partial charge in [-0.15, -0.1) is 0 Å².